The van der Waals surface area contributed by atoms with Crippen LogP contribution in [0.1, 0.15) is 38.4 Å². The summed E-state index contributed by atoms with van der Waals surface area (Å²) < 4.78 is 42.8. The van der Waals surface area contributed by atoms with Crippen molar-refractivity contribution >= 4 is 11.8 Å². The van der Waals surface area contributed by atoms with Crippen molar-refractivity contribution in [3.8, 4) is 0 Å². The summed E-state index contributed by atoms with van der Waals surface area (Å²) in [6.45, 7) is 5.76. The molecule has 2 aromatic heterocycles. The Hall–Kier alpha value is -1.78. The molecule has 0 aromatic carbocycles. The lowest BCUT2D eigenvalue weighted by molar-refractivity contribution is -0.157. The molecule has 0 bridgehead atoms. The highest BCUT2D eigenvalue weighted by atomic mass is 32.2. The molecule has 0 aliphatic rings. The van der Waals surface area contributed by atoms with Crippen molar-refractivity contribution in [2.24, 2.45) is 0 Å². The topological polar surface area (TPSA) is 95.6 Å². The van der Waals surface area contributed by atoms with Gasteiger partial charge < -0.3 is 10.3 Å². The maximum absolute atomic E-state index is 12.3. The van der Waals surface area contributed by atoms with Gasteiger partial charge in [-0.1, -0.05) is 32.5 Å². The molecule has 2 rings (SSSR count). The number of rotatable bonds is 3. The largest absolute Gasteiger partial charge is 0.470 e. The Bertz CT molecular complexity index is 630. The van der Waals surface area contributed by atoms with Gasteiger partial charge in [-0.15, -0.1) is 20.4 Å². The third kappa shape index (κ3) is 3.46. The van der Waals surface area contributed by atoms with Gasteiger partial charge in [-0.2, -0.15) is 13.2 Å². The lowest BCUT2D eigenvalue weighted by Gasteiger charge is -2.16. The van der Waals surface area contributed by atoms with E-state index in [9.17, 15) is 13.2 Å². The van der Waals surface area contributed by atoms with Crippen molar-refractivity contribution in [2.45, 2.75) is 43.3 Å². The number of aromatic nitrogens is 5. The Labute approximate surface area is 122 Å². The van der Waals surface area contributed by atoms with Gasteiger partial charge in [0.25, 0.3) is 0 Å². The first-order valence-corrected chi connectivity index (χ1v) is 6.81. The minimum Gasteiger partial charge on any atom is -0.416 e. The van der Waals surface area contributed by atoms with Crippen LogP contribution in [-0.4, -0.2) is 25.1 Å². The number of nitrogens with zero attached hydrogens (tertiary/aromatic N) is 5. The molecule has 0 radical (unpaired) electrons. The normalized spacial score (nSPS) is 12.9. The van der Waals surface area contributed by atoms with Gasteiger partial charge in [0.2, 0.25) is 11.0 Å². The number of nitrogens with two attached hydrogens (primary N) is 1. The highest BCUT2D eigenvalue weighted by molar-refractivity contribution is 7.98. The van der Waals surface area contributed by atoms with E-state index < -0.39 is 12.1 Å². The smallest absolute Gasteiger partial charge is 0.416 e. The molecule has 0 aliphatic carbocycles. The molecule has 116 valence electrons. The van der Waals surface area contributed by atoms with E-state index in [-0.39, 0.29) is 17.1 Å². The standard InChI is InChI=1S/C10H13F3N6OS/c1-9(2,3)6-16-18-8(19(6)14)21-4-5-15-17-7(20-5)10(11,12)13/h4,14H2,1-3H3. The summed E-state index contributed by atoms with van der Waals surface area (Å²) in [7, 11) is 0. The zero-order valence-corrected chi connectivity index (χ0v) is 12.3. The number of hydrogen-bond acceptors (Lipinski definition) is 7. The van der Waals surface area contributed by atoms with Crippen LogP contribution in [0.4, 0.5) is 13.2 Å². The molecule has 0 amide bonds. The van der Waals surface area contributed by atoms with Crippen LogP contribution in [0.5, 0.6) is 0 Å². The number of hydrogen-bond donors (Lipinski definition) is 1. The van der Waals surface area contributed by atoms with Crippen LogP contribution in [0, 0.1) is 0 Å². The summed E-state index contributed by atoms with van der Waals surface area (Å²) in [5, 5.41) is 14.5. The minimum absolute atomic E-state index is 0.0164. The summed E-state index contributed by atoms with van der Waals surface area (Å²) in [5.41, 5.74) is -0.297. The maximum atomic E-state index is 12.3. The summed E-state index contributed by atoms with van der Waals surface area (Å²) in [5.74, 6) is 4.90. The van der Waals surface area contributed by atoms with Crippen molar-refractivity contribution in [1.82, 2.24) is 25.1 Å². The van der Waals surface area contributed by atoms with Crippen molar-refractivity contribution in [3.63, 3.8) is 0 Å². The van der Waals surface area contributed by atoms with Gasteiger partial charge in [-0.25, -0.2) is 4.68 Å². The molecular weight excluding hydrogens is 309 g/mol. The van der Waals surface area contributed by atoms with Crippen molar-refractivity contribution in [1.29, 1.82) is 0 Å². The molecule has 11 heteroatoms. The predicted molar refractivity (Wildman–Crippen MR) is 67.7 cm³/mol. The Balaban J connectivity index is 2.07. The summed E-state index contributed by atoms with van der Waals surface area (Å²) in [6.07, 6.45) is -4.65. The third-order valence-electron chi connectivity index (χ3n) is 2.37. The molecule has 2 heterocycles. The molecule has 0 saturated carbocycles. The van der Waals surface area contributed by atoms with Crippen molar-refractivity contribution in [3.05, 3.63) is 17.6 Å². The summed E-state index contributed by atoms with van der Waals surface area (Å²) >= 11 is 1.06. The number of thioether (sulfide) groups is 1. The number of alkyl halides is 3. The van der Waals surface area contributed by atoms with Crippen LogP contribution in [-0.2, 0) is 17.3 Å². The van der Waals surface area contributed by atoms with Crippen LogP contribution in [0.2, 0.25) is 0 Å². The maximum Gasteiger partial charge on any atom is 0.470 e. The molecule has 7 nitrogen and oxygen atoms in total. The summed E-state index contributed by atoms with van der Waals surface area (Å²) in [6, 6.07) is 0. The number of halogens is 3. The van der Waals surface area contributed by atoms with Crippen molar-refractivity contribution in [2.75, 3.05) is 5.84 Å². The number of nitrogen functional groups attached to an aromatic ring is 1. The van der Waals surface area contributed by atoms with E-state index in [1.165, 1.54) is 4.68 Å². The molecule has 0 spiro atoms. The van der Waals surface area contributed by atoms with Crippen LogP contribution in [0.25, 0.3) is 0 Å². The quantitative estimate of drug-likeness (QED) is 0.682. The van der Waals surface area contributed by atoms with Gasteiger partial charge in [0.15, 0.2) is 5.82 Å². The fourth-order valence-electron chi connectivity index (χ4n) is 1.44. The highest BCUT2D eigenvalue weighted by Gasteiger charge is 2.38. The van der Waals surface area contributed by atoms with E-state index in [2.05, 4.69) is 24.8 Å². The van der Waals surface area contributed by atoms with Crippen LogP contribution in [0.3, 0.4) is 0 Å². The molecule has 0 atom stereocenters. The molecule has 21 heavy (non-hydrogen) atoms. The second-order valence-corrected chi connectivity index (χ2v) is 6.16. The first kappa shape index (κ1) is 15.6. The molecule has 0 fully saturated rings. The molecule has 0 saturated heterocycles. The second kappa shape index (κ2) is 5.20. The van der Waals surface area contributed by atoms with Crippen molar-refractivity contribution < 1.29 is 17.6 Å². The Morgan fingerprint density at radius 3 is 2.29 bits per heavy atom. The first-order valence-electron chi connectivity index (χ1n) is 5.82. The summed E-state index contributed by atoms with van der Waals surface area (Å²) in [4.78, 5) is 0. The Kier molecular flexibility index (Phi) is 3.87. The van der Waals surface area contributed by atoms with E-state index in [4.69, 9.17) is 5.84 Å². The highest BCUT2D eigenvalue weighted by Crippen LogP contribution is 2.29. The first-order chi connectivity index (χ1) is 9.59. The average molecular weight is 322 g/mol. The minimum atomic E-state index is -4.65. The van der Waals surface area contributed by atoms with E-state index in [0.717, 1.165) is 11.8 Å². The van der Waals surface area contributed by atoms with Gasteiger partial charge in [0.1, 0.15) is 0 Å². The van der Waals surface area contributed by atoms with E-state index in [1.54, 1.807) is 0 Å². The van der Waals surface area contributed by atoms with Gasteiger partial charge in [-0.3, -0.25) is 0 Å². The Morgan fingerprint density at radius 1 is 1.14 bits per heavy atom. The van der Waals surface area contributed by atoms with E-state index >= 15 is 0 Å². The van der Waals surface area contributed by atoms with E-state index in [0.29, 0.717) is 11.0 Å². The monoisotopic (exact) mass is 322 g/mol. The van der Waals surface area contributed by atoms with E-state index in [1.807, 2.05) is 20.8 Å². The van der Waals surface area contributed by atoms with Crippen LogP contribution >= 0.6 is 11.8 Å². The van der Waals surface area contributed by atoms with Gasteiger partial charge >= 0.3 is 12.1 Å². The lowest BCUT2D eigenvalue weighted by atomic mass is 9.96. The molecule has 0 aliphatic heterocycles. The van der Waals surface area contributed by atoms with Gasteiger partial charge in [0.05, 0.1) is 5.75 Å². The van der Waals surface area contributed by atoms with Crippen LogP contribution in [0.15, 0.2) is 9.57 Å². The predicted octanol–water partition coefficient (Wildman–Crippen LogP) is 1.98. The SMILES string of the molecule is CC(C)(C)c1nnc(SCc2nnc(C(F)(F)F)o2)n1N. The Morgan fingerprint density at radius 2 is 1.81 bits per heavy atom. The van der Waals surface area contributed by atoms with Gasteiger partial charge in [-0.05, 0) is 0 Å². The molecular formula is C10H13F3N6OS. The molecule has 2 N–H and O–H groups in total. The molecule has 2 aromatic rings. The zero-order chi connectivity index (χ0) is 15.8. The third-order valence-corrected chi connectivity index (χ3v) is 3.30. The zero-order valence-electron chi connectivity index (χ0n) is 11.5. The lowest BCUT2D eigenvalue weighted by Crippen LogP contribution is -2.24. The van der Waals surface area contributed by atoms with Gasteiger partial charge in [0, 0.05) is 5.41 Å². The average Bonchev–Trinajstić information content (AvgIpc) is 2.91. The molecule has 0 unspecified atom stereocenters. The van der Waals surface area contributed by atoms with Crippen LogP contribution < -0.4 is 5.84 Å². The fourth-order valence-corrected chi connectivity index (χ4v) is 2.13. The fraction of sp³-hybridized carbons (Fsp3) is 0.600. The second-order valence-electron chi connectivity index (χ2n) is 5.21.